The second-order valence-electron chi connectivity index (χ2n) is 2.78. The number of carbonyl (C=O) groups excluding carboxylic acids is 1. The van der Waals surface area contributed by atoms with Gasteiger partial charge in [-0.15, -0.1) is 6.58 Å². The van der Waals surface area contributed by atoms with Crippen molar-refractivity contribution in [1.82, 2.24) is 0 Å². The van der Waals surface area contributed by atoms with Gasteiger partial charge in [-0.1, -0.05) is 18.2 Å². The van der Waals surface area contributed by atoms with Gasteiger partial charge in [0.25, 0.3) is 0 Å². The topological polar surface area (TPSA) is 49.4 Å². The molecule has 0 aliphatic rings. The molecular formula is C11H11NaO3. The normalized spacial score (nSPS) is 8.87. The van der Waals surface area contributed by atoms with E-state index in [1.807, 2.05) is 0 Å². The second kappa shape index (κ2) is 6.67. The Morgan fingerprint density at radius 3 is 2.73 bits per heavy atom. The van der Waals surface area contributed by atoms with E-state index in [0.717, 1.165) is 5.56 Å². The predicted octanol–water partition coefficient (Wildman–Crippen LogP) is -2.21. The Balaban J connectivity index is 0.00000196. The summed E-state index contributed by atoms with van der Waals surface area (Å²) in [5.41, 5.74) is 0.871. The number of hydrogen-bond donors (Lipinski definition) is 0. The number of rotatable bonds is 4. The standard InChI is InChI=1S/C11H12O3.Na/c1-3-5-8-6-4-7-9(11(12)13)10(8)14-2;/h3-4,6-7H,1,5H2,2H3,(H,12,13);/q;+1/p-1. The van der Waals surface area contributed by atoms with Gasteiger partial charge in [0.1, 0.15) is 5.75 Å². The van der Waals surface area contributed by atoms with Crippen LogP contribution in [0.2, 0.25) is 0 Å². The summed E-state index contributed by atoms with van der Waals surface area (Å²) >= 11 is 0. The minimum absolute atomic E-state index is 0. The monoisotopic (exact) mass is 214 g/mol. The van der Waals surface area contributed by atoms with Crippen LogP contribution in [0.3, 0.4) is 0 Å². The van der Waals surface area contributed by atoms with Crippen LogP contribution in [0.4, 0.5) is 0 Å². The van der Waals surface area contributed by atoms with E-state index >= 15 is 0 Å². The Morgan fingerprint density at radius 2 is 2.27 bits per heavy atom. The summed E-state index contributed by atoms with van der Waals surface area (Å²) in [5.74, 6) is -0.875. The zero-order chi connectivity index (χ0) is 10.6. The fourth-order valence-corrected chi connectivity index (χ4v) is 1.30. The van der Waals surface area contributed by atoms with Gasteiger partial charge < -0.3 is 14.6 Å². The van der Waals surface area contributed by atoms with E-state index in [1.54, 1.807) is 18.2 Å². The molecule has 0 heterocycles. The average molecular weight is 214 g/mol. The molecule has 0 saturated carbocycles. The van der Waals surface area contributed by atoms with Crippen molar-refractivity contribution >= 4 is 5.97 Å². The van der Waals surface area contributed by atoms with Gasteiger partial charge in [-0.05, 0) is 18.1 Å². The van der Waals surface area contributed by atoms with Crippen LogP contribution < -0.4 is 39.4 Å². The number of carbonyl (C=O) groups is 1. The van der Waals surface area contributed by atoms with Crippen molar-refractivity contribution < 1.29 is 44.2 Å². The van der Waals surface area contributed by atoms with Gasteiger partial charge in [0.15, 0.2) is 0 Å². The van der Waals surface area contributed by atoms with Crippen molar-refractivity contribution in [3.05, 3.63) is 42.0 Å². The summed E-state index contributed by atoms with van der Waals surface area (Å²) in [6.45, 7) is 3.59. The van der Waals surface area contributed by atoms with Crippen LogP contribution in [0.15, 0.2) is 30.9 Å². The van der Waals surface area contributed by atoms with E-state index in [2.05, 4.69) is 6.58 Å². The molecule has 0 aliphatic carbocycles. The van der Waals surface area contributed by atoms with Gasteiger partial charge in [0, 0.05) is 5.56 Å². The van der Waals surface area contributed by atoms with E-state index in [1.165, 1.54) is 13.2 Å². The van der Waals surface area contributed by atoms with Crippen LogP contribution in [0.5, 0.6) is 5.75 Å². The van der Waals surface area contributed by atoms with E-state index in [0.29, 0.717) is 12.2 Å². The number of carboxylic acid groups (broad SMARTS) is 1. The number of para-hydroxylation sites is 1. The molecule has 4 heteroatoms. The molecule has 0 aromatic heterocycles. The molecule has 0 radical (unpaired) electrons. The van der Waals surface area contributed by atoms with Crippen molar-refractivity contribution in [2.45, 2.75) is 6.42 Å². The SMILES string of the molecule is C=CCc1cccc(C(=O)[O-])c1OC.[Na+]. The van der Waals surface area contributed by atoms with Crippen molar-refractivity contribution in [3.63, 3.8) is 0 Å². The first-order valence-electron chi connectivity index (χ1n) is 4.18. The maximum Gasteiger partial charge on any atom is 1.00 e. The molecule has 0 bridgehead atoms. The molecule has 0 atom stereocenters. The van der Waals surface area contributed by atoms with Crippen LogP contribution in [-0.4, -0.2) is 13.1 Å². The third kappa shape index (κ3) is 3.38. The Morgan fingerprint density at radius 1 is 1.60 bits per heavy atom. The molecule has 0 aliphatic heterocycles. The summed E-state index contributed by atoms with van der Waals surface area (Å²) in [7, 11) is 1.44. The summed E-state index contributed by atoms with van der Waals surface area (Å²) in [4.78, 5) is 10.7. The second-order valence-corrected chi connectivity index (χ2v) is 2.78. The van der Waals surface area contributed by atoms with Crippen molar-refractivity contribution in [1.29, 1.82) is 0 Å². The molecule has 0 fully saturated rings. The smallest absolute Gasteiger partial charge is 0.545 e. The molecular weight excluding hydrogens is 203 g/mol. The van der Waals surface area contributed by atoms with Gasteiger partial charge in [-0.3, -0.25) is 0 Å². The van der Waals surface area contributed by atoms with Crippen LogP contribution in [-0.2, 0) is 6.42 Å². The summed E-state index contributed by atoms with van der Waals surface area (Å²) < 4.78 is 5.02. The molecule has 0 N–H and O–H groups in total. The third-order valence-corrected chi connectivity index (χ3v) is 1.88. The molecule has 3 nitrogen and oxygen atoms in total. The van der Waals surface area contributed by atoms with Crippen molar-refractivity contribution in [2.75, 3.05) is 7.11 Å². The van der Waals surface area contributed by atoms with E-state index < -0.39 is 5.97 Å². The van der Waals surface area contributed by atoms with Gasteiger partial charge in [0.2, 0.25) is 0 Å². The number of aromatic carboxylic acids is 1. The van der Waals surface area contributed by atoms with Crippen molar-refractivity contribution in [3.8, 4) is 5.75 Å². The molecule has 0 spiro atoms. The number of allylic oxidation sites excluding steroid dienone is 1. The van der Waals surface area contributed by atoms with Gasteiger partial charge >= 0.3 is 29.6 Å². The molecule has 0 amide bonds. The number of ether oxygens (including phenoxy) is 1. The fourth-order valence-electron chi connectivity index (χ4n) is 1.30. The Bertz CT molecular complexity index is 361. The van der Waals surface area contributed by atoms with Gasteiger partial charge in [-0.2, -0.15) is 0 Å². The first kappa shape index (κ1) is 14.2. The Labute approximate surface area is 111 Å². The number of benzene rings is 1. The van der Waals surface area contributed by atoms with Crippen molar-refractivity contribution in [2.24, 2.45) is 0 Å². The zero-order valence-electron chi connectivity index (χ0n) is 8.95. The molecule has 0 unspecified atom stereocenters. The Kier molecular flexibility index (Phi) is 6.32. The van der Waals surface area contributed by atoms with Crippen LogP contribution in [0.1, 0.15) is 15.9 Å². The van der Waals surface area contributed by atoms with E-state index in [4.69, 9.17) is 4.74 Å². The number of methoxy groups -OCH3 is 1. The number of carboxylic acids is 1. The largest absolute Gasteiger partial charge is 1.00 e. The molecule has 74 valence electrons. The first-order chi connectivity index (χ1) is 6.70. The molecule has 15 heavy (non-hydrogen) atoms. The quantitative estimate of drug-likeness (QED) is 0.422. The minimum Gasteiger partial charge on any atom is -0.545 e. The average Bonchev–Trinajstić information content (AvgIpc) is 2.18. The summed E-state index contributed by atoms with van der Waals surface area (Å²) in [6.07, 6.45) is 2.27. The maximum atomic E-state index is 10.7. The van der Waals surface area contributed by atoms with Crippen LogP contribution >= 0.6 is 0 Å². The zero-order valence-corrected chi connectivity index (χ0v) is 10.9. The van der Waals surface area contributed by atoms with Gasteiger partial charge in [-0.25, -0.2) is 0 Å². The number of hydrogen-bond acceptors (Lipinski definition) is 3. The Hall–Kier alpha value is -0.770. The molecule has 1 aromatic rings. The molecule has 1 rings (SSSR count). The maximum absolute atomic E-state index is 10.7. The van der Waals surface area contributed by atoms with Gasteiger partial charge in [0.05, 0.1) is 13.1 Å². The predicted molar refractivity (Wildman–Crippen MR) is 51.2 cm³/mol. The summed E-state index contributed by atoms with van der Waals surface area (Å²) in [6, 6.07) is 4.92. The first-order valence-corrected chi connectivity index (χ1v) is 4.18. The third-order valence-electron chi connectivity index (χ3n) is 1.88. The fraction of sp³-hybridized carbons (Fsp3) is 0.182. The summed E-state index contributed by atoms with van der Waals surface area (Å²) in [5, 5.41) is 10.7. The van der Waals surface area contributed by atoms with E-state index in [9.17, 15) is 9.90 Å². The van der Waals surface area contributed by atoms with Crippen LogP contribution in [0, 0.1) is 0 Å². The molecule has 1 aromatic carbocycles. The van der Waals surface area contributed by atoms with E-state index in [-0.39, 0.29) is 35.1 Å². The molecule has 0 saturated heterocycles. The minimum atomic E-state index is -1.23. The van der Waals surface area contributed by atoms with Crippen LogP contribution in [0.25, 0.3) is 0 Å².